The average Bonchev–Trinajstić information content (AvgIpc) is 3.51. The first-order valence-electron chi connectivity index (χ1n) is 10.6. The molecule has 2 aromatic carbocycles. The number of carbonyl (C=O) groups excluding carboxylic acids is 2. The highest BCUT2D eigenvalue weighted by Crippen LogP contribution is 2.52. The van der Waals surface area contributed by atoms with Gasteiger partial charge in [0, 0.05) is 29.8 Å². The van der Waals surface area contributed by atoms with Gasteiger partial charge in [0.05, 0.1) is 27.9 Å². The lowest BCUT2D eigenvalue weighted by Gasteiger charge is -2.13. The van der Waals surface area contributed by atoms with Crippen molar-refractivity contribution in [3.8, 4) is 5.75 Å². The number of rotatable bonds is 7. The van der Waals surface area contributed by atoms with E-state index in [-0.39, 0.29) is 52.9 Å². The summed E-state index contributed by atoms with van der Waals surface area (Å²) in [5.74, 6) is -1.18. The Morgan fingerprint density at radius 2 is 1.53 bits per heavy atom. The molecule has 172 valence electrons. The van der Waals surface area contributed by atoms with Gasteiger partial charge in [0.1, 0.15) is 12.4 Å². The third kappa shape index (κ3) is 3.60. The topological polar surface area (TPSA) is 145 Å². The Morgan fingerprint density at radius 1 is 0.941 bits per heavy atom. The first-order chi connectivity index (χ1) is 16.3. The Kier molecular flexibility index (Phi) is 5.16. The van der Waals surface area contributed by atoms with Crippen molar-refractivity contribution in [3.63, 3.8) is 0 Å². The number of non-ortho nitro benzene ring substituents is 2. The fraction of sp³-hybridized carbons (Fsp3) is 0.261. The molecule has 34 heavy (non-hydrogen) atoms. The van der Waals surface area contributed by atoms with Crippen LogP contribution in [0.4, 0.5) is 11.4 Å². The van der Waals surface area contributed by atoms with Gasteiger partial charge < -0.3 is 4.74 Å². The monoisotopic (exact) mass is 462 g/mol. The van der Waals surface area contributed by atoms with E-state index in [1.807, 2.05) is 12.2 Å². The maximum atomic E-state index is 12.8. The van der Waals surface area contributed by atoms with Crippen LogP contribution in [-0.4, -0.2) is 32.9 Å². The molecule has 1 heterocycles. The highest BCUT2D eigenvalue weighted by molar-refractivity contribution is 6.07. The quantitative estimate of drug-likeness (QED) is 0.202. The number of fused-ring (bicyclic) bond motifs is 5. The van der Waals surface area contributed by atoms with E-state index in [2.05, 4.69) is 5.10 Å². The van der Waals surface area contributed by atoms with Gasteiger partial charge in [0.2, 0.25) is 0 Å². The molecule has 11 heteroatoms. The molecule has 0 spiro atoms. The summed E-state index contributed by atoms with van der Waals surface area (Å²) in [6, 6.07) is 9.69. The van der Waals surface area contributed by atoms with Gasteiger partial charge in [-0.05, 0) is 42.0 Å². The predicted octanol–water partition coefficient (Wildman–Crippen LogP) is 3.22. The first kappa shape index (κ1) is 21.4. The van der Waals surface area contributed by atoms with Crippen LogP contribution in [0.15, 0.2) is 59.7 Å². The molecule has 2 fully saturated rings. The number of hydrogen-bond acceptors (Lipinski definition) is 8. The van der Waals surface area contributed by atoms with Crippen LogP contribution in [0.5, 0.6) is 5.75 Å². The minimum atomic E-state index is -0.572. The van der Waals surface area contributed by atoms with E-state index in [0.29, 0.717) is 5.56 Å². The molecule has 0 radical (unpaired) electrons. The zero-order valence-corrected chi connectivity index (χ0v) is 17.6. The van der Waals surface area contributed by atoms with E-state index in [9.17, 15) is 29.8 Å². The molecule has 0 unspecified atom stereocenters. The molecule has 1 saturated carbocycles. The summed E-state index contributed by atoms with van der Waals surface area (Å²) in [6.07, 6.45) is 5.98. The van der Waals surface area contributed by atoms with Crippen LogP contribution in [-0.2, 0) is 16.2 Å². The molecule has 5 rings (SSSR count). The molecular formula is C23H18N4O7. The Labute approximate surface area is 192 Å². The minimum Gasteiger partial charge on any atom is -0.488 e. The van der Waals surface area contributed by atoms with E-state index in [0.717, 1.165) is 11.4 Å². The van der Waals surface area contributed by atoms with Gasteiger partial charge in [-0.1, -0.05) is 12.2 Å². The summed E-state index contributed by atoms with van der Waals surface area (Å²) in [4.78, 5) is 46.6. The zero-order chi connectivity index (χ0) is 24.0. The minimum absolute atomic E-state index is 0.0391. The van der Waals surface area contributed by atoms with Crippen molar-refractivity contribution in [2.45, 2.75) is 13.0 Å². The number of hydrazone groups is 1. The number of nitro groups is 2. The van der Waals surface area contributed by atoms with Gasteiger partial charge in [-0.15, -0.1) is 0 Å². The molecular weight excluding hydrogens is 444 g/mol. The molecule has 2 bridgehead atoms. The number of carbonyl (C=O) groups is 2. The maximum absolute atomic E-state index is 12.8. The summed E-state index contributed by atoms with van der Waals surface area (Å²) >= 11 is 0. The normalized spacial score (nSPS) is 24.8. The van der Waals surface area contributed by atoms with Gasteiger partial charge in [-0.25, -0.2) is 0 Å². The van der Waals surface area contributed by atoms with Crippen molar-refractivity contribution >= 4 is 29.4 Å². The number of hydrogen-bond donors (Lipinski definition) is 0. The first-order valence-corrected chi connectivity index (χ1v) is 10.6. The van der Waals surface area contributed by atoms with Crippen molar-refractivity contribution in [2.24, 2.45) is 28.8 Å². The number of imide groups is 1. The van der Waals surface area contributed by atoms with Crippen LogP contribution in [0, 0.1) is 43.9 Å². The van der Waals surface area contributed by atoms with E-state index >= 15 is 0 Å². The van der Waals surface area contributed by atoms with Gasteiger partial charge in [0.15, 0.2) is 0 Å². The van der Waals surface area contributed by atoms with Gasteiger partial charge in [-0.2, -0.15) is 10.1 Å². The number of benzene rings is 2. The highest BCUT2D eigenvalue weighted by Gasteiger charge is 2.59. The van der Waals surface area contributed by atoms with Crippen molar-refractivity contribution in [1.29, 1.82) is 0 Å². The van der Waals surface area contributed by atoms with Crippen LogP contribution in [0.25, 0.3) is 0 Å². The molecule has 0 N–H and O–H groups in total. The third-order valence-corrected chi connectivity index (χ3v) is 6.51. The summed E-state index contributed by atoms with van der Waals surface area (Å²) in [7, 11) is 0. The molecule has 3 aliphatic rings. The van der Waals surface area contributed by atoms with Crippen LogP contribution >= 0.6 is 0 Å². The number of nitrogens with zero attached hydrogens (tertiary/aromatic N) is 4. The molecule has 2 amide bonds. The number of nitro benzene ring substituents is 2. The highest BCUT2D eigenvalue weighted by atomic mass is 16.6. The summed E-state index contributed by atoms with van der Waals surface area (Å²) in [6.45, 7) is 0.0391. The van der Waals surface area contributed by atoms with E-state index in [1.165, 1.54) is 36.5 Å². The lowest BCUT2D eigenvalue weighted by atomic mass is 9.85. The lowest BCUT2D eigenvalue weighted by Crippen LogP contribution is -2.28. The van der Waals surface area contributed by atoms with Crippen LogP contribution in [0.3, 0.4) is 0 Å². The zero-order valence-electron chi connectivity index (χ0n) is 17.6. The fourth-order valence-electron chi connectivity index (χ4n) is 4.88. The molecule has 1 saturated heterocycles. The Balaban J connectivity index is 1.37. The smallest absolute Gasteiger partial charge is 0.270 e. The van der Waals surface area contributed by atoms with Crippen molar-refractivity contribution in [2.75, 3.05) is 0 Å². The maximum Gasteiger partial charge on any atom is 0.270 e. The number of allylic oxidation sites excluding steroid dienone is 2. The van der Waals surface area contributed by atoms with Crippen LogP contribution in [0.1, 0.15) is 17.5 Å². The SMILES string of the molecule is O=C1[C@@H]2[C@H](C(=O)N1N=Cc1cc([N+](=O)[O-])ccc1OCc1ccc([N+](=O)[O-])cc1)[C@H]1C=C[C@H]2C1. The second-order valence-electron chi connectivity index (χ2n) is 8.42. The van der Waals surface area contributed by atoms with E-state index in [4.69, 9.17) is 4.74 Å². The molecule has 11 nitrogen and oxygen atoms in total. The van der Waals surface area contributed by atoms with Crippen molar-refractivity contribution in [3.05, 3.63) is 86.0 Å². The van der Waals surface area contributed by atoms with E-state index < -0.39 is 21.7 Å². The van der Waals surface area contributed by atoms with Gasteiger partial charge in [0.25, 0.3) is 23.2 Å². The van der Waals surface area contributed by atoms with Crippen molar-refractivity contribution in [1.82, 2.24) is 5.01 Å². The average molecular weight is 462 g/mol. The van der Waals surface area contributed by atoms with Crippen LogP contribution < -0.4 is 4.74 Å². The number of amides is 2. The molecule has 2 aromatic rings. The molecule has 2 aliphatic carbocycles. The van der Waals surface area contributed by atoms with Crippen LogP contribution in [0.2, 0.25) is 0 Å². The lowest BCUT2D eigenvalue weighted by molar-refractivity contribution is -0.385. The largest absolute Gasteiger partial charge is 0.488 e. The Morgan fingerprint density at radius 3 is 2.12 bits per heavy atom. The third-order valence-electron chi connectivity index (χ3n) is 6.51. The van der Waals surface area contributed by atoms with Gasteiger partial charge in [-0.3, -0.25) is 29.8 Å². The predicted molar refractivity (Wildman–Crippen MR) is 118 cm³/mol. The Bertz CT molecular complexity index is 1240. The van der Waals surface area contributed by atoms with E-state index in [1.54, 1.807) is 12.1 Å². The number of ether oxygens (including phenoxy) is 1. The summed E-state index contributed by atoms with van der Waals surface area (Å²) in [5.41, 5.74) is 0.602. The molecule has 0 aromatic heterocycles. The molecule has 1 aliphatic heterocycles. The molecule has 4 atom stereocenters. The van der Waals surface area contributed by atoms with Gasteiger partial charge >= 0.3 is 0 Å². The Hall–Kier alpha value is -4.41. The summed E-state index contributed by atoms with van der Waals surface area (Å²) in [5, 5.41) is 27.0. The summed E-state index contributed by atoms with van der Waals surface area (Å²) < 4.78 is 5.76. The fourth-order valence-corrected chi connectivity index (χ4v) is 4.88. The standard InChI is InChI=1S/C23H18N4O7/c28-22-20-14-3-4-15(9-14)21(20)23(29)25(22)24-11-16-10-18(27(32)33)7-8-19(16)34-12-13-1-5-17(6-2-13)26(30)31/h1-8,10-11,14-15,20-21H,9,12H2/t14-,15-,20-,21+/m0/s1. The second kappa shape index (κ2) is 8.18. The van der Waals surface area contributed by atoms with Crippen molar-refractivity contribution < 1.29 is 24.2 Å². The second-order valence-corrected chi connectivity index (χ2v) is 8.42.